The Hall–Kier alpha value is -1.85. The third kappa shape index (κ3) is 3.37. The third-order valence-electron chi connectivity index (χ3n) is 3.45. The third-order valence-corrected chi connectivity index (χ3v) is 3.45. The van der Waals surface area contributed by atoms with Crippen molar-refractivity contribution in [3.05, 3.63) is 12.4 Å². The summed E-state index contributed by atoms with van der Waals surface area (Å²) in [5.74, 6) is 0.0305. The van der Waals surface area contributed by atoms with E-state index < -0.39 is 11.5 Å². The minimum atomic E-state index is -0.927. The molecule has 1 aromatic heterocycles. The molecule has 0 atom stereocenters. The topological polar surface area (TPSA) is 84.3 Å². The second kappa shape index (κ2) is 6.07. The molecule has 20 heavy (non-hydrogen) atoms. The van der Waals surface area contributed by atoms with E-state index in [0.29, 0.717) is 24.5 Å². The molecule has 0 aromatic carbocycles. The molecule has 1 heterocycles. The summed E-state index contributed by atoms with van der Waals surface area (Å²) in [6.45, 7) is 3.81. The van der Waals surface area contributed by atoms with Gasteiger partial charge in [0.1, 0.15) is 11.4 Å². The van der Waals surface area contributed by atoms with Crippen molar-refractivity contribution in [3.8, 4) is 5.88 Å². The number of carboxylic acid groups (broad SMARTS) is 1. The molecule has 1 aliphatic rings. The minimum absolute atomic E-state index is 0.00247. The molecule has 2 N–H and O–H groups in total. The van der Waals surface area contributed by atoms with E-state index in [0.717, 1.165) is 19.3 Å². The molecule has 0 unspecified atom stereocenters. The molecule has 6 nitrogen and oxygen atoms in total. The van der Waals surface area contributed by atoms with Crippen molar-refractivity contribution in [1.82, 2.24) is 9.97 Å². The van der Waals surface area contributed by atoms with E-state index in [9.17, 15) is 9.90 Å². The molecule has 0 saturated heterocycles. The van der Waals surface area contributed by atoms with Crippen LogP contribution in [0.5, 0.6) is 5.88 Å². The van der Waals surface area contributed by atoms with E-state index in [1.54, 1.807) is 0 Å². The average molecular weight is 279 g/mol. The fourth-order valence-corrected chi connectivity index (χ4v) is 2.50. The number of carbonyl (C=O) groups is 1. The quantitative estimate of drug-likeness (QED) is 0.861. The lowest BCUT2D eigenvalue weighted by Gasteiger charge is -2.34. The number of hydrogen-bond acceptors (Lipinski definition) is 5. The van der Waals surface area contributed by atoms with Crippen molar-refractivity contribution in [2.45, 2.75) is 57.6 Å². The SMILES string of the molecule is CC(C)Oc1cncc(NC2(C(=O)O)CCCCC2)n1. The molecule has 2 rings (SSSR count). The fraction of sp³-hybridized carbons (Fsp3) is 0.643. The van der Waals surface area contributed by atoms with Crippen LogP contribution in [0.2, 0.25) is 0 Å². The van der Waals surface area contributed by atoms with Gasteiger partial charge in [0.25, 0.3) is 0 Å². The van der Waals surface area contributed by atoms with Crippen LogP contribution in [0.3, 0.4) is 0 Å². The van der Waals surface area contributed by atoms with Crippen LogP contribution >= 0.6 is 0 Å². The molecule has 0 aliphatic heterocycles. The lowest BCUT2D eigenvalue weighted by atomic mass is 9.81. The van der Waals surface area contributed by atoms with Crippen molar-refractivity contribution >= 4 is 11.8 Å². The molecule has 110 valence electrons. The van der Waals surface area contributed by atoms with Gasteiger partial charge in [-0.05, 0) is 26.7 Å². The van der Waals surface area contributed by atoms with Gasteiger partial charge in [0.2, 0.25) is 5.88 Å². The molecular weight excluding hydrogens is 258 g/mol. The highest BCUT2D eigenvalue weighted by Crippen LogP contribution is 2.31. The zero-order valence-electron chi connectivity index (χ0n) is 11.9. The van der Waals surface area contributed by atoms with Gasteiger partial charge >= 0.3 is 5.97 Å². The molecule has 1 fully saturated rings. The predicted octanol–water partition coefficient (Wildman–Crippen LogP) is 2.46. The summed E-state index contributed by atoms with van der Waals surface area (Å²) in [6.07, 6.45) is 7.19. The molecule has 1 aromatic rings. The fourth-order valence-electron chi connectivity index (χ4n) is 2.50. The van der Waals surface area contributed by atoms with Crippen molar-refractivity contribution < 1.29 is 14.6 Å². The van der Waals surface area contributed by atoms with Gasteiger partial charge in [-0.25, -0.2) is 4.79 Å². The van der Waals surface area contributed by atoms with Crippen LogP contribution < -0.4 is 10.1 Å². The highest BCUT2D eigenvalue weighted by atomic mass is 16.5. The maximum atomic E-state index is 11.6. The average Bonchev–Trinajstić information content (AvgIpc) is 2.39. The number of nitrogens with zero attached hydrogens (tertiary/aromatic N) is 2. The van der Waals surface area contributed by atoms with Crippen LogP contribution in [-0.4, -0.2) is 32.7 Å². The first-order valence-corrected chi connectivity index (χ1v) is 7.02. The van der Waals surface area contributed by atoms with Gasteiger partial charge in [-0.15, -0.1) is 0 Å². The number of nitrogens with one attached hydrogen (secondary N) is 1. The van der Waals surface area contributed by atoms with Gasteiger partial charge in [-0.3, -0.25) is 4.98 Å². The first-order chi connectivity index (χ1) is 9.52. The summed E-state index contributed by atoms with van der Waals surface area (Å²) in [6, 6.07) is 0. The summed E-state index contributed by atoms with van der Waals surface area (Å²) >= 11 is 0. The zero-order valence-corrected chi connectivity index (χ0v) is 11.9. The Labute approximate surface area is 118 Å². The van der Waals surface area contributed by atoms with E-state index in [4.69, 9.17) is 4.74 Å². The summed E-state index contributed by atoms with van der Waals surface area (Å²) in [7, 11) is 0. The molecule has 1 aliphatic carbocycles. The van der Waals surface area contributed by atoms with Crippen molar-refractivity contribution in [2.75, 3.05) is 5.32 Å². The van der Waals surface area contributed by atoms with Gasteiger partial charge in [-0.1, -0.05) is 19.3 Å². The standard InChI is InChI=1S/C14H21N3O3/c1-10(2)20-12-9-15-8-11(16-12)17-14(13(18)19)6-4-3-5-7-14/h8-10H,3-7H2,1-2H3,(H,16,17)(H,18,19). The Bertz CT molecular complexity index is 470. The Kier molecular flexibility index (Phi) is 4.42. The Morgan fingerprint density at radius 1 is 1.35 bits per heavy atom. The van der Waals surface area contributed by atoms with E-state index in [-0.39, 0.29) is 6.10 Å². The number of aromatic nitrogens is 2. The molecule has 6 heteroatoms. The Morgan fingerprint density at radius 3 is 2.65 bits per heavy atom. The molecule has 0 amide bonds. The number of aliphatic carboxylic acids is 1. The first kappa shape index (κ1) is 14.6. The van der Waals surface area contributed by atoms with E-state index in [1.165, 1.54) is 12.4 Å². The van der Waals surface area contributed by atoms with Gasteiger partial charge in [-0.2, -0.15) is 4.98 Å². The Morgan fingerprint density at radius 2 is 2.05 bits per heavy atom. The van der Waals surface area contributed by atoms with Gasteiger partial charge in [0.15, 0.2) is 0 Å². The molecule has 0 radical (unpaired) electrons. The number of anilines is 1. The van der Waals surface area contributed by atoms with Crippen molar-refractivity contribution in [3.63, 3.8) is 0 Å². The van der Waals surface area contributed by atoms with Gasteiger partial charge in [0, 0.05) is 0 Å². The van der Waals surface area contributed by atoms with Crippen LogP contribution in [0.1, 0.15) is 46.0 Å². The largest absolute Gasteiger partial charge is 0.480 e. The van der Waals surface area contributed by atoms with E-state index in [1.807, 2.05) is 13.8 Å². The monoisotopic (exact) mass is 279 g/mol. The van der Waals surface area contributed by atoms with Crippen LogP contribution in [0.4, 0.5) is 5.82 Å². The highest BCUT2D eigenvalue weighted by molar-refractivity contribution is 5.82. The lowest BCUT2D eigenvalue weighted by Crippen LogP contribution is -2.48. The molecule has 0 spiro atoms. The molecular formula is C14H21N3O3. The van der Waals surface area contributed by atoms with E-state index in [2.05, 4.69) is 15.3 Å². The summed E-state index contributed by atoms with van der Waals surface area (Å²) in [5.41, 5.74) is -0.927. The number of ether oxygens (including phenoxy) is 1. The first-order valence-electron chi connectivity index (χ1n) is 7.02. The summed E-state index contributed by atoms with van der Waals surface area (Å²) in [5, 5.41) is 12.6. The van der Waals surface area contributed by atoms with Crippen molar-refractivity contribution in [2.24, 2.45) is 0 Å². The van der Waals surface area contributed by atoms with Gasteiger partial charge < -0.3 is 15.2 Å². The Balaban J connectivity index is 2.16. The van der Waals surface area contributed by atoms with Crippen LogP contribution in [0.25, 0.3) is 0 Å². The molecule has 0 bridgehead atoms. The summed E-state index contributed by atoms with van der Waals surface area (Å²) < 4.78 is 5.48. The van der Waals surface area contributed by atoms with Crippen LogP contribution in [-0.2, 0) is 4.79 Å². The molecule has 1 saturated carbocycles. The predicted molar refractivity (Wildman–Crippen MR) is 74.9 cm³/mol. The highest BCUT2D eigenvalue weighted by Gasteiger charge is 2.39. The number of rotatable bonds is 5. The second-order valence-corrected chi connectivity index (χ2v) is 5.48. The van der Waals surface area contributed by atoms with Crippen molar-refractivity contribution in [1.29, 1.82) is 0 Å². The maximum absolute atomic E-state index is 11.6. The minimum Gasteiger partial charge on any atom is -0.480 e. The number of hydrogen-bond donors (Lipinski definition) is 2. The zero-order chi connectivity index (χ0) is 14.6. The van der Waals surface area contributed by atoms with E-state index >= 15 is 0 Å². The lowest BCUT2D eigenvalue weighted by molar-refractivity contribution is -0.143. The maximum Gasteiger partial charge on any atom is 0.329 e. The van der Waals surface area contributed by atoms with Crippen LogP contribution in [0, 0.1) is 0 Å². The normalized spacial score (nSPS) is 17.8. The summed E-state index contributed by atoms with van der Waals surface area (Å²) in [4.78, 5) is 19.9. The smallest absolute Gasteiger partial charge is 0.329 e. The van der Waals surface area contributed by atoms with Crippen LogP contribution in [0.15, 0.2) is 12.4 Å². The second-order valence-electron chi connectivity index (χ2n) is 5.48. The number of carboxylic acids is 1. The van der Waals surface area contributed by atoms with Gasteiger partial charge in [0.05, 0.1) is 18.5 Å².